The van der Waals surface area contributed by atoms with E-state index in [4.69, 9.17) is 34.4 Å². The van der Waals surface area contributed by atoms with E-state index in [0.717, 1.165) is 35.1 Å². The third kappa shape index (κ3) is 18.6. The van der Waals surface area contributed by atoms with Gasteiger partial charge in [-0.3, -0.25) is 57.1 Å². The Balaban J connectivity index is 1.12. The molecule has 6 rings (SSSR count). The number of nitrogens with zero attached hydrogens (tertiary/aromatic N) is 16. The number of nitrogens with two attached hydrogens (primary N) is 6. The van der Waals surface area contributed by atoms with E-state index < -0.39 is 123 Å². The zero-order chi connectivity index (χ0) is 61.7. The van der Waals surface area contributed by atoms with Gasteiger partial charge < -0.3 is 89.7 Å². The van der Waals surface area contributed by atoms with Crippen LogP contribution in [0, 0.1) is 0 Å². The van der Waals surface area contributed by atoms with Crippen LogP contribution in [0.5, 0.6) is 0 Å². The van der Waals surface area contributed by atoms with Gasteiger partial charge in [-0.2, -0.15) is 9.97 Å². The van der Waals surface area contributed by atoms with E-state index in [1.54, 1.807) is 0 Å². The molecule has 85 heavy (non-hydrogen) atoms. The first-order valence-electron chi connectivity index (χ1n) is 25.5. The fourth-order valence-electron chi connectivity index (χ4n) is 7.80. The Morgan fingerprint density at radius 1 is 0.447 bits per heavy atom. The normalized spacial score (nSPS) is 10.9. The van der Waals surface area contributed by atoms with Gasteiger partial charge in [0.1, 0.15) is 61.5 Å². The third-order valence-electron chi connectivity index (χ3n) is 12.1. The maximum atomic E-state index is 14.0. The summed E-state index contributed by atoms with van der Waals surface area (Å²) < 4.78 is 4.58. The Labute approximate surface area is 478 Å². The van der Waals surface area contributed by atoms with Crippen LogP contribution in [0.3, 0.4) is 0 Å². The molecular formula is C46H61N27O12. The van der Waals surface area contributed by atoms with E-state index in [1.165, 1.54) is 52.6 Å². The first kappa shape index (κ1) is 62.9. The van der Waals surface area contributed by atoms with Crippen molar-refractivity contribution in [2.45, 2.75) is 26.2 Å². The summed E-state index contributed by atoms with van der Waals surface area (Å²) in [5.74, 6) is -7.47. The largest absolute Gasteiger partial charge is 0.383 e. The summed E-state index contributed by atoms with van der Waals surface area (Å²) in [5, 5.41) is 12.5. The number of amides is 10. The van der Waals surface area contributed by atoms with Crippen molar-refractivity contribution in [2.75, 3.05) is 115 Å². The molecule has 39 nitrogen and oxygen atoms in total. The standard InChI is InChI=1S/C46H61N27O12/c47-13-30(75)53-3-9-67(37(82)21-72-25-62-39-41(51)58-23-60-43(39)72)16-32(77)55-5-11-68(38(83)22-73-26-63-40-42(52)59-24-61-44(40)73)17-33(78)54-4-10-66(35(80)19-70-7-1-27(48)64-45(70)84)15-31(76)56-6-12-69(18-34(79)57-14-29(50)74)36(81)20-71-8-2-28(49)65-46(71)85/h1-2,7-8,23-26H,3-6,9-22,47H2,(H2,50,74)(H,53,75)(H,54,78)(H,55,77)(H,56,76)(H,57,79)(H2,48,64,84)(H2,49,65,85)(H2,51,58,60)(H2,52,59,61). The van der Waals surface area contributed by atoms with Crippen molar-refractivity contribution in [3.05, 3.63) is 70.8 Å². The van der Waals surface area contributed by atoms with Gasteiger partial charge in [-0.05, 0) is 12.1 Å². The van der Waals surface area contributed by atoms with Gasteiger partial charge in [0.05, 0.1) is 51.9 Å². The van der Waals surface area contributed by atoms with Crippen LogP contribution in [-0.2, 0) is 74.1 Å². The van der Waals surface area contributed by atoms with Crippen molar-refractivity contribution in [2.24, 2.45) is 11.5 Å². The monoisotopic (exact) mass is 1180 g/mol. The van der Waals surface area contributed by atoms with Crippen LogP contribution in [0.2, 0.25) is 0 Å². The van der Waals surface area contributed by atoms with Crippen molar-refractivity contribution in [3.8, 4) is 0 Å². The molecule has 0 radical (unpaired) electrons. The quantitative estimate of drug-likeness (QED) is 0.0193. The highest BCUT2D eigenvalue weighted by Crippen LogP contribution is 2.16. The highest BCUT2D eigenvalue weighted by atomic mass is 16.2. The van der Waals surface area contributed by atoms with Crippen molar-refractivity contribution in [1.29, 1.82) is 0 Å². The molecule has 0 atom stereocenters. The van der Waals surface area contributed by atoms with Gasteiger partial charge in [-0.25, -0.2) is 39.5 Å². The molecule has 17 N–H and O–H groups in total. The maximum Gasteiger partial charge on any atom is 0.349 e. The molecule has 10 amide bonds. The van der Waals surface area contributed by atoms with Gasteiger partial charge in [0.25, 0.3) is 0 Å². The number of fused-ring (bicyclic) bond motifs is 2. The lowest BCUT2D eigenvalue weighted by molar-refractivity contribution is -0.138. The summed E-state index contributed by atoms with van der Waals surface area (Å²) in [6.07, 6.45) is 7.37. The van der Waals surface area contributed by atoms with Gasteiger partial charge in [0.15, 0.2) is 22.9 Å². The minimum Gasteiger partial charge on any atom is -0.383 e. The molecule has 0 aliphatic heterocycles. The fourth-order valence-corrected chi connectivity index (χ4v) is 7.80. The number of carbonyl (C=O) groups is 10. The van der Waals surface area contributed by atoms with Crippen LogP contribution in [0.15, 0.2) is 59.4 Å². The van der Waals surface area contributed by atoms with Crippen molar-refractivity contribution in [3.63, 3.8) is 0 Å². The molecule has 6 aromatic rings. The molecule has 6 heterocycles. The Morgan fingerprint density at radius 3 is 1.11 bits per heavy atom. The van der Waals surface area contributed by atoms with Gasteiger partial charge >= 0.3 is 11.4 Å². The number of hydrogen-bond acceptors (Lipinski definition) is 25. The van der Waals surface area contributed by atoms with Gasteiger partial charge in [-0.1, -0.05) is 0 Å². The van der Waals surface area contributed by atoms with E-state index in [9.17, 15) is 57.5 Å². The van der Waals surface area contributed by atoms with E-state index in [2.05, 4.69) is 66.5 Å². The number of nitrogens with one attached hydrogen (secondary N) is 5. The molecule has 6 aromatic heterocycles. The SMILES string of the molecule is NCC(=O)NCCN(CC(=O)NCCN(CC(=O)NCCN(CC(=O)NCCN(CC(=O)NCC(N)=O)C(=O)Cn1ccc(N)nc1=O)C(=O)Cn1ccc(N)nc1=O)C(=O)Cn1cnc2c(N)ncnc21)C(=O)Cn1cnc2c(N)ncnc21. The molecule has 0 aliphatic rings. The lowest BCUT2D eigenvalue weighted by atomic mass is 10.3. The van der Waals surface area contributed by atoms with E-state index in [0.29, 0.717) is 0 Å². The van der Waals surface area contributed by atoms with Crippen molar-refractivity contribution >= 4 is 105 Å². The van der Waals surface area contributed by atoms with Crippen LogP contribution in [0.25, 0.3) is 22.3 Å². The van der Waals surface area contributed by atoms with Gasteiger partial charge in [0.2, 0.25) is 59.1 Å². The average molecular weight is 1180 g/mol. The third-order valence-corrected chi connectivity index (χ3v) is 12.1. The zero-order valence-corrected chi connectivity index (χ0v) is 45.4. The predicted molar refractivity (Wildman–Crippen MR) is 295 cm³/mol. The summed E-state index contributed by atoms with van der Waals surface area (Å²) >= 11 is 0. The molecule has 0 bridgehead atoms. The molecule has 39 heteroatoms. The minimum atomic E-state index is -0.894. The summed E-state index contributed by atoms with van der Waals surface area (Å²) in [6.45, 7) is -7.57. The zero-order valence-electron chi connectivity index (χ0n) is 45.4. The Bertz CT molecular complexity index is 3580. The second-order valence-corrected chi connectivity index (χ2v) is 18.2. The Kier molecular flexibility index (Phi) is 22.2. The summed E-state index contributed by atoms with van der Waals surface area (Å²) in [7, 11) is 0. The Morgan fingerprint density at radius 2 is 0.776 bits per heavy atom. The van der Waals surface area contributed by atoms with Gasteiger partial charge in [-0.15, -0.1) is 0 Å². The highest BCUT2D eigenvalue weighted by molar-refractivity contribution is 5.90. The van der Waals surface area contributed by atoms with Crippen molar-refractivity contribution < 1.29 is 47.9 Å². The minimum absolute atomic E-state index is 0.0342. The molecule has 0 fully saturated rings. The lowest BCUT2D eigenvalue weighted by Crippen LogP contribution is -2.50. The van der Waals surface area contributed by atoms with Crippen LogP contribution >= 0.6 is 0 Å². The molecule has 0 aliphatic carbocycles. The number of aromatic nitrogens is 12. The predicted octanol–water partition coefficient (Wildman–Crippen LogP) is -10.2. The van der Waals surface area contributed by atoms with Crippen molar-refractivity contribution in [1.82, 2.24) is 104 Å². The number of imidazole rings is 2. The molecule has 0 saturated carbocycles. The molecular weight excluding hydrogens is 1120 g/mol. The highest BCUT2D eigenvalue weighted by Gasteiger charge is 2.25. The van der Waals surface area contributed by atoms with Crippen LogP contribution in [0.4, 0.5) is 23.3 Å². The lowest BCUT2D eigenvalue weighted by Gasteiger charge is -2.26. The second kappa shape index (κ2) is 30.0. The molecule has 0 spiro atoms. The molecule has 0 unspecified atom stereocenters. The summed E-state index contributed by atoms with van der Waals surface area (Å²) in [4.78, 5) is 192. The fraction of sp³-hybridized carbons (Fsp3) is 0.391. The number of carbonyl (C=O) groups excluding carboxylic acids is 10. The smallest absolute Gasteiger partial charge is 0.349 e. The van der Waals surface area contributed by atoms with Gasteiger partial charge in [0, 0.05) is 64.8 Å². The second-order valence-electron chi connectivity index (χ2n) is 18.2. The Hall–Kier alpha value is -11.3. The topological polar surface area (TPSA) is 557 Å². The number of anilines is 4. The number of rotatable bonds is 31. The molecule has 0 aromatic carbocycles. The molecule has 452 valence electrons. The van der Waals surface area contributed by atoms with E-state index >= 15 is 0 Å². The van der Waals surface area contributed by atoms with Crippen LogP contribution in [0.1, 0.15) is 0 Å². The van der Waals surface area contributed by atoms with Crippen LogP contribution < -0.4 is 72.4 Å². The van der Waals surface area contributed by atoms with E-state index in [-0.39, 0.29) is 111 Å². The summed E-state index contributed by atoms with van der Waals surface area (Å²) in [5.41, 5.74) is 32.7. The average Bonchev–Trinajstić information content (AvgIpc) is 3.40. The number of nitrogen functional groups attached to an aromatic ring is 4. The first-order chi connectivity index (χ1) is 40.6. The molecule has 0 saturated heterocycles. The number of hydrogen-bond donors (Lipinski definition) is 11. The maximum absolute atomic E-state index is 14.0. The first-order valence-corrected chi connectivity index (χ1v) is 25.5. The van der Waals surface area contributed by atoms with E-state index in [1.807, 2.05) is 0 Å². The number of primary amides is 1. The summed E-state index contributed by atoms with van der Waals surface area (Å²) in [6, 6.07) is 2.52. The van der Waals surface area contributed by atoms with Crippen LogP contribution in [-0.4, -0.2) is 228 Å².